The van der Waals surface area contributed by atoms with Gasteiger partial charge in [-0.05, 0) is 6.92 Å². The molecule has 0 saturated carbocycles. The summed E-state index contributed by atoms with van der Waals surface area (Å²) in [6.45, 7) is 0.898. The Balaban J connectivity index is 1.86. The number of hydrogen-bond acceptors (Lipinski definition) is 7. The molecule has 0 spiro atoms. The Kier molecular flexibility index (Phi) is 3.85. The maximum Gasteiger partial charge on any atom is 0.469 e. The van der Waals surface area contributed by atoms with Crippen molar-refractivity contribution in [2.45, 2.75) is 31.3 Å². The fraction of sp³-hybridized carbons (Fsp3) is 0.545. The zero-order valence-electron chi connectivity index (χ0n) is 12.0. The molecule has 1 aliphatic heterocycles. The highest BCUT2D eigenvalue weighted by Gasteiger charge is 2.48. The molecule has 23 heavy (non-hydrogen) atoms. The summed E-state index contributed by atoms with van der Waals surface area (Å²) in [6.07, 6.45) is 0.572. The van der Waals surface area contributed by atoms with E-state index in [0.29, 0.717) is 11.2 Å². The lowest BCUT2D eigenvalue weighted by Gasteiger charge is -2.22. The molecule has 0 radical (unpaired) electrons. The van der Waals surface area contributed by atoms with Gasteiger partial charge in [0.05, 0.1) is 19.0 Å². The van der Waals surface area contributed by atoms with Crippen LogP contribution in [-0.2, 0) is 13.8 Å². The summed E-state index contributed by atoms with van der Waals surface area (Å²) in [4.78, 5) is 29.3. The second-order valence-corrected chi connectivity index (χ2v) is 6.70. The number of nitrogens with zero attached hydrogens (tertiary/aromatic N) is 4. The fourth-order valence-corrected chi connectivity index (χ4v) is 2.95. The lowest BCUT2D eigenvalue weighted by atomic mass is 10.0. The van der Waals surface area contributed by atoms with Gasteiger partial charge in [0.25, 0.3) is 0 Å². The lowest BCUT2D eigenvalue weighted by Crippen LogP contribution is -2.27. The van der Waals surface area contributed by atoms with Crippen molar-refractivity contribution in [3.63, 3.8) is 0 Å². The Hall–Kier alpha value is -1.65. The third kappa shape index (κ3) is 3.19. The SMILES string of the molecule is C[C@]1(F)C[C@@H](COP(=O)(O)O)OC1n1cnc2c(N)ncnc21. The average molecular weight is 347 g/mol. The summed E-state index contributed by atoms with van der Waals surface area (Å²) in [6, 6.07) is 0. The Morgan fingerprint density at radius 1 is 1.57 bits per heavy atom. The maximum absolute atomic E-state index is 14.8. The summed E-state index contributed by atoms with van der Waals surface area (Å²) in [5.74, 6) is 0.161. The van der Waals surface area contributed by atoms with E-state index in [0.717, 1.165) is 0 Å². The third-order valence-electron chi connectivity index (χ3n) is 3.53. The molecule has 10 nitrogen and oxygen atoms in total. The van der Waals surface area contributed by atoms with Gasteiger partial charge in [0, 0.05) is 6.42 Å². The minimum Gasteiger partial charge on any atom is -0.382 e. The van der Waals surface area contributed by atoms with Crippen LogP contribution >= 0.6 is 7.82 Å². The largest absolute Gasteiger partial charge is 0.469 e. The number of rotatable bonds is 4. The molecule has 12 heteroatoms. The van der Waals surface area contributed by atoms with E-state index in [1.807, 2.05) is 0 Å². The summed E-state index contributed by atoms with van der Waals surface area (Å²) in [5.41, 5.74) is 4.51. The van der Waals surface area contributed by atoms with Gasteiger partial charge in [-0.15, -0.1) is 0 Å². The Bertz CT molecular complexity index is 777. The van der Waals surface area contributed by atoms with Crippen molar-refractivity contribution in [3.8, 4) is 0 Å². The second-order valence-electron chi connectivity index (χ2n) is 5.46. The van der Waals surface area contributed by atoms with Gasteiger partial charge in [0.15, 0.2) is 23.4 Å². The Morgan fingerprint density at radius 3 is 3.00 bits per heavy atom. The topological polar surface area (TPSA) is 146 Å². The smallest absolute Gasteiger partial charge is 0.382 e. The number of phosphoric acid groups is 1. The Morgan fingerprint density at radius 2 is 2.30 bits per heavy atom. The quantitative estimate of drug-likeness (QED) is 0.674. The van der Waals surface area contributed by atoms with Gasteiger partial charge in [0.1, 0.15) is 11.8 Å². The third-order valence-corrected chi connectivity index (χ3v) is 4.02. The van der Waals surface area contributed by atoms with Gasteiger partial charge >= 0.3 is 7.82 Å². The molecule has 0 bridgehead atoms. The normalized spacial score (nSPS) is 28.5. The molecular formula is C11H15FN5O5P. The molecule has 1 aliphatic rings. The monoisotopic (exact) mass is 347 g/mol. The molecule has 3 heterocycles. The number of halogens is 1. The maximum atomic E-state index is 14.8. The Labute approximate surface area is 129 Å². The van der Waals surface area contributed by atoms with E-state index in [2.05, 4.69) is 19.5 Å². The molecule has 1 saturated heterocycles. The van der Waals surface area contributed by atoms with Crippen LogP contribution in [0, 0.1) is 0 Å². The molecule has 0 aromatic carbocycles. The van der Waals surface area contributed by atoms with Crippen LogP contribution in [0.1, 0.15) is 19.6 Å². The zero-order chi connectivity index (χ0) is 16.8. The number of nitrogen functional groups attached to an aromatic ring is 1. The van der Waals surface area contributed by atoms with Crippen molar-refractivity contribution in [3.05, 3.63) is 12.7 Å². The molecular weight excluding hydrogens is 332 g/mol. The molecule has 3 rings (SSSR count). The highest BCUT2D eigenvalue weighted by Crippen LogP contribution is 2.44. The van der Waals surface area contributed by atoms with Crippen molar-refractivity contribution < 1.29 is 28.0 Å². The first kappa shape index (κ1) is 16.2. The molecule has 0 aliphatic carbocycles. The molecule has 2 aromatic heterocycles. The predicted octanol–water partition coefficient (Wildman–Crippen LogP) is 0.533. The molecule has 126 valence electrons. The van der Waals surface area contributed by atoms with Gasteiger partial charge in [0.2, 0.25) is 0 Å². The van der Waals surface area contributed by atoms with Gasteiger partial charge in [-0.2, -0.15) is 0 Å². The lowest BCUT2D eigenvalue weighted by molar-refractivity contribution is -0.0559. The van der Waals surface area contributed by atoms with Crippen LogP contribution in [0.3, 0.4) is 0 Å². The van der Waals surface area contributed by atoms with Gasteiger partial charge < -0.3 is 20.3 Å². The number of hydrogen-bond donors (Lipinski definition) is 3. The number of phosphoric ester groups is 1. The van der Waals surface area contributed by atoms with Crippen molar-refractivity contribution in [1.82, 2.24) is 19.5 Å². The van der Waals surface area contributed by atoms with E-state index in [9.17, 15) is 8.96 Å². The predicted molar refractivity (Wildman–Crippen MR) is 75.8 cm³/mol. The number of ether oxygens (including phenoxy) is 1. The number of alkyl halides is 1. The van der Waals surface area contributed by atoms with Gasteiger partial charge in [-0.1, -0.05) is 0 Å². The average Bonchev–Trinajstić information content (AvgIpc) is 2.97. The number of nitrogens with two attached hydrogens (primary N) is 1. The molecule has 4 N–H and O–H groups in total. The van der Waals surface area contributed by atoms with Crippen LogP contribution in [0.2, 0.25) is 0 Å². The molecule has 1 fully saturated rings. The van der Waals surface area contributed by atoms with E-state index in [4.69, 9.17) is 20.3 Å². The van der Waals surface area contributed by atoms with E-state index in [1.54, 1.807) is 0 Å². The highest BCUT2D eigenvalue weighted by atomic mass is 31.2. The fourth-order valence-electron chi connectivity index (χ4n) is 2.59. The van der Waals surface area contributed by atoms with Crippen LogP contribution in [0.15, 0.2) is 12.7 Å². The molecule has 3 atom stereocenters. The minimum atomic E-state index is -4.64. The molecule has 2 aromatic rings. The van der Waals surface area contributed by atoms with E-state index in [1.165, 1.54) is 24.1 Å². The van der Waals surface area contributed by atoms with Gasteiger partial charge in [-0.25, -0.2) is 23.9 Å². The van der Waals surface area contributed by atoms with Crippen LogP contribution in [0.25, 0.3) is 11.2 Å². The number of imidazole rings is 1. The van der Waals surface area contributed by atoms with Gasteiger partial charge in [-0.3, -0.25) is 9.09 Å². The van der Waals surface area contributed by atoms with E-state index in [-0.39, 0.29) is 12.2 Å². The molecule has 0 amide bonds. The highest BCUT2D eigenvalue weighted by molar-refractivity contribution is 7.46. The van der Waals surface area contributed by atoms with Crippen molar-refractivity contribution in [2.75, 3.05) is 12.3 Å². The standard InChI is InChI=1S/C11H15FN5O5P/c1-11(12)2-6(3-21-23(18,19)20)22-10(11)17-5-16-7-8(13)14-4-15-9(7)17/h4-6,10H,2-3H2,1H3,(H2,13,14,15)(H2,18,19,20)/t6-,10?,11-/m0/s1. The van der Waals surface area contributed by atoms with Crippen LogP contribution in [-0.4, -0.2) is 47.7 Å². The first-order valence-electron chi connectivity index (χ1n) is 6.65. The number of fused-ring (bicyclic) bond motifs is 1. The van der Waals surface area contributed by atoms with E-state index < -0.39 is 32.4 Å². The second kappa shape index (κ2) is 5.46. The number of anilines is 1. The zero-order valence-corrected chi connectivity index (χ0v) is 12.9. The first-order chi connectivity index (χ1) is 10.7. The summed E-state index contributed by atoms with van der Waals surface area (Å²) < 4.78 is 36.9. The summed E-state index contributed by atoms with van der Waals surface area (Å²) >= 11 is 0. The van der Waals surface area contributed by atoms with Crippen LogP contribution in [0.5, 0.6) is 0 Å². The van der Waals surface area contributed by atoms with Crippen LogP contribution < -0.4 is 5.73 Å². The van der Waals surface area contributed by atoms with E-state index >= 15 is 0 Å². The summed E-state index contributed by atoms with van der Waals surface area (Å²) in [5, 5.41) is 0. The first-order valence-corrected chi connectivity index (χ1v) is 8.18. The summed E-state index contributed by atoms with van der Waals surface area (Å²) in [7, 11) is -4.64. The van der Waals surface area contributed by atoms with Crippen molar-refractivity contribution >= 4 is 24.8 Å². The minimum absolute atomic E-state index is 0.0993. The van der Waals surface area contributed by atoms with Crippen molar-refractivity contribution in [2.24, 2.45) is 0 Å². The van der Waals surface area contributed by atoms with Crippen molar-refractivity contribution in [1.29, 1.82) is 0 Å². The van der Waals surface area contributed by atoms with Crippen LogP contribution in [0.4, 0.5) is 10.2 Å². The molecule has 1 unspecified atom stereocenters. The number of aromatic nitrogens is 4.